The summed E-state index contributed by atoms with van der Waals surface area (Å²) in [6, 6.07) is 66.5. The van der Waals surface area contributed by atoms with Gasteiger partial charge in [-0.15, -0.1) is 0 Å². The van der Waals surface area contributed by atoms with E-state index in [1.54, 1.807) is 0 Å². The zero-order valence-electron chi connectivity index (χ0n) is 35.9. The Kier molecular flexibility index (Phi) is 9.44. The summed E-state index contributed by atoms with van der Waals surface area (Å²) >= 11 is 0. The fourth-order valence-electron chi connectivity index (χ4n) is 10.5. The molecule has 0 amide bonds. The van der Waals surface area contributed by atoms with Crippen molar-refractivity contribution in [3.05, 3.63) is 272 Å². The molecule has 2 aromatic heterocycles. The maximum Gasteiger partial charge on any atom is 0.0713 e. The third kappa shape index (κ3) is 5.87. The van der Waals surface area contributed by atoms with Crippen LogP contribution in [0.3, 0.4) is 0 Å². The summed E-state index contributed by atoms with van der Waals surface area (Å²) in [5.74, 6) is 0. The molecule has 2 heterocycles. The van der Waals surface area contributed by atoms with Crippen LogP contribution < -0.4 is 0 Å². The zero-order chi connectivity index (χ0) is 43.4. The highest BCUT2D eigenvalue weighted by atomic mass is 15.0. The molecule has 0 saturated carbocycles. The quantitative estimate of drug-likeness (QED) is 0.122. The second-order valence-corrected chi connectivity index (χ2v) is 16.6. The Bertz CT molecular complexity index is 3590. The normalized spacial score (nSPS) is 15.2. The van der Waals surface area contributed by atoms with Crippen molar-refractivity contribution in [1.29, 1.82) is 0 Å². The highest BCUT2D eigenvalue weighted by Gasteiger charge is 2.47. The number of hydrogen-bond donors (Lipinski definition) is 0. The van der Waals surface area contributed by atoms with Crippen LogP contribution in [0.1, 0.15) is 23.6 Å². The number of hydrogen-bond acceptors (Lipinski definition) is 0. The van der Waals surface area contributed by atoms with Gasteiger partial charge in [0.25, 0.3) is 0 Å². The van der Waals surface area contributed by atoms with Gasteiger partial charge in [-0.25, -0.2) is 0 Å². The summed E-state index contributed by atoms with van der Waals surface area (Å²) in [7, 11) is 0. The Balaban J connectivity index is 1.09. The van der Waals surface area contributed by atoms with Crippen LogP contribution in [0.4, 0.5) is 0 Å². The van der Waals surface area contributed by atoms with Crippen molar-refractivity contribution in [3.8, 4) is 33.6 Å². The van der Waals surface area contributed by atoms with Crippen LogP contribution in [-0.2, 0) is 5.41 Å². The van der Waals surface area contributed by atoms with E-state index in [2.05, 4.69) is 242 Å². The number of aromatic nitrogens is 2. The molecule has 1 unspecified atom stereocenters. The lowest BCUT2D eigenvalue weighted by atomic mass is 9.66. The SMILES string of the molecule is C=C/C=C(\C=C)C1(c2ccccc2)C(C=C)=C(/C=C\C)c2ccc(-n3c4ccc(-c5ccc6c(ccn6-c6ccc(-c7ccccc7)cc6)c5)cc4c4c5ccccc5ccc43)cc21. The fourth-order valence-corrected chi connectivity index (χ4v) is 10.5. The van der Waals surface area contributed by atoms with Crippen molar-refractivity contribution in [2.75, 3.05) is 0 Å². The Morgan fingerprint density at radius 3 is 1.97 bits per heavy atom. The van der Waals surface area contributed by atoms with Crippen molar-refractivity contribution in [3.63, 3.8) is 0 Å². The van der Waals surface area contributed by atoms with Crippen molar-refractivity contribution >= 4 is 49.1 Å². The lowest BCUT2D eigenvalue weighted by Gasteiger charge is -2.35. The number of benzene rings is 8. The molecule has 10 aromatic rings. The lowest BCUT2D eigenvalue weighted by molar-refractivity contribution is 0.760. The van der Waals surface area contributed by atoms with Gasteiger partial charge in [0.2, 0.25) is 0 Å². The lowest BCUT2D eigenvalue weighted by Crippen LogP contribution is -2.30. The predicted molar refractivity (Wildman–Crippen MR) is 274 cm³/mol. The first-order chi connectivity index (χ1) is 31.6. The van der Waals surface area contributed by atoms with Gasteiger partial charge in [0.1, 0.15) is 0 Å². The first-order valence-corrected chi connectivity index (χ1v) is 22.0. The largest absolute Gasteiger partial charge is 0.317 e. The molecule has 0 fully saturated rings. The summed E-state index contributed by atoms with van der Waals surface area (Å²) in [5.41, 5.74) is 16.7. The topological polar surface area (TPSA) is 9.86 Å². The highest BCUT2D eigenvalue weighted by molar-refractivity contribution is 6.22. The van der Waals surface area contributed by atoms with E-state index in [0.717, 1.165) is 44.7 Å². The van der Waals surface area contributed by atoms with Crippen LogP contribution in [-0.4, -0.2) is 9.13 Å². The molecular weight excluding hydrogens is 773 g/mol. The third-order valence-electron chi connectivity index (χ3n) is 13.3. The molecule has 1 aliphatic rings. The highest BCUT2D eigenvalue weighted by Crippen LogP contribution is 2.56. The molecule has 0 radical (unpaired) electrons. The summed E-state index contributed by atoms with van der Waals surface area (Å²) in [6.07, 6.45) is 14.5. The summed E-state index contributed by atoms with van der Waals surface area (Å²) in [5, 5.41) is 6.12. The zero-order valence-corrected chi connectivity index (χ0v) is 35.9. The van der Waals surface area contributed by atoms with Gasteiger partial charge < -0.3 is 9.13 Å². The number of nitrogens with zero attached hydrogens (tertiary/aromatic N) is 2. The Morgan fingerprint density at radius 1 is 0.547 bits per heavy atom. The molecule has 0 bridgehead atoms. The van der Waals surface area contributed by atoms with E-state index in [1.807, 2.05) is 18.2 Å². The van der Waals surface area contributed by atoms with Crippen LogP contribution in [0.15, 0.2) is 256 Å². The average Bonchev–Trinajstić information content (AvgIpc) is 4.02. The molecular formula is C62H46N2. The van der Waals surface area contributed by atoms with Crippen molar-refractivity contribution in [1.82, 2.24) is 9.13 Å². The maximum absolute atomic E-state index is 4.43. The van der Waals surface area contributed by atoms with Gasteiger partial charge >= 0.3 is 0 Å². The molecule has 0 saturated heterocycles. The van der Waals surface area contributed by atoms with Gasteiger partial charge in [-0.2, -0.15) is 0 Å². The van der Waals surface area contributed by atoms with E-state index < -0.39 is 5.41 Å². The van der Waals surface area contributed by atoms with Gasteiger partial charge in [0, 0.05) is 33.7 Å². The Labute approximate surface area is 374 Å². The molecule has 2 nitrogen and oxygen atoms in total. The fraction of sp³-hybridized carbons (Fsp3) is 0.0323. The van der Waals surface area contributed by atoms with Crippen LogP contribution in [0.5, 0.6) is 0 Å². The molecule has 11 rings (SSSR count). The minimum Gasteiger partial charge on any atom is -0.317 e. The minimum atomic E-state index is -0.666. The number of rotatable bonds is 10. The Hall–Kier alpha value is -8.20. The van der Waals surface area contributed by atoms with E-state index >= 15 is 0 Å². The van der Waals surface area contributed by atoms with E-state index in [4.69, 9.17) is 0 Å². The molecule has 2 heteroatoms. The summed E-state index contributed by atoms with van der Waals surface area (Å²) < 4.78 is 4.73. The smallest absolute Gasteiger partial charge is 0.0713 e. The van der Waals surface area contributed by atoms with Crippen molar-refractivity contribution in [2.24, 2.45) is 0 Å². The summed E-state index contributed by atoms with van der Waals surface area (Å²) in [6.45, 7) is 15.0. The van der Waals surface area contributed by atoms with E-state index in [-0.39, 0.29) is 0 Å². The second kappa shape index (κ2) is 15.6. The first kappa shape index (κ1) is 38.7. The Morgan fingerprint density at radius 2 is 1.22 bits per heavy atom. The predicted octanol–water partition coefficient (Wildman–Crippen LogP) is 16.3. The second-order valence-electron chi connectivity index (χ2n) is 16.6. The molecule has 0 aliphatic heterocycles. The molecule has 1 aliphatic carbocycles. The van der Waals surface area contributed by atoms with Crippen LogP contribution in [0, 0.1) is 0 Å². The van der Waals surface area contributed by atoms with Crippen LogP contribution in [0.2, 0.25) is 0 Å². The summed E-state index contributed by atoms with van der Waals surface area (Å²) in [4.78, 5) is 0. The third-order valence-corrected chi connectivity index (χ3v) is 13.3. The van der Waals surface area contributed by atoms with Gasteiger partial charge in [-0.05, 0) is 134 Å². The maximum atomic E-state index is 4.43. The van der Waals surface area contributed by atoms with Crippen LogP contribution in [0.25, 0.3) is 82.7 Å². The van der Waals surface area contributed by atoms with Crippen LogP contribution >= 0.6 is 0 Å². The molecule has 8 aromatic carbocycles. The van der Waals surface area contributed by atoms with Gasteiger partial charge in [0.15, 0.2) is 0 Å². The number of fused-ring (bicyclic) bond motifs is 7. The van der Waals surface area contributed by atoms with E-state index in [1.165, 1.54) is 65.8 Å². The molecule has 0 spiro atoms. The van der Waals surface area contributed by atoms with Gasteiger partial charge in [-0.3, -0.25) is 0 Å². The number of allylic oxidation sites excluding steroid dienone is 9. The van der Waals surface area contributed by atoms with Crippen molar-refractivity contribution < 1.29 is 0 Å². The molecule has 1 atom stereocenters. The minimum absolute atomic E-state index is 0.666. The van der Waals surface area contributed by atoms with Gasteiger partial charge in [0.05, 0.1) is 22.0 Å². The van der Waals surface area contributed by atoms with E-state index in [9.17, 15) is 0 Å². The molecule has 0 N–H and O–H groups in total. The molecule has 304 valence electrons. The standard InChI is InChI=1S/C62H46N2/c1-5-17-48(7-3)62(49-22-13-10-14-23-49)56(8-4)53(18-6-2)54-33-32-51(41-57(54)62)64-59-35-29-46(40-55(59)61-52-24-16-15-21-44(52)27-36-60(61)64)45-28-34-58-47(39-45)37-38-63(58)50-30-25-43(26-31-50)42-19-11-9-12-20-42/h5-41H,1,3-4H2,2H3/b18-6-,48-17+. The molecule has 64 heavy (non-hydrogen) atoms. The van der Waals surface area contributed by atoms with Gasteiger partial charge in [-0.1, -0.05) is 178 Å². The monoisotopic (exact) mass is 818 g/mol. The average molecular weight is 819 g/mol. The first-order valence-electron chi connectivity index (χ1n) is 22.0. The van der Waals surface area contributed by atoms with Crippen molar-refractivity contribution in [2.45, 2.75) is 12.3 Å². The van der Waals surface area contributed by atoms with E-state index in [0.29, 0.717) is 0 Å².